The molecule has 0 unspecified atom stereocenters. The Balaban J connectivity index is 1.26. The second-order valence-corrected chi connectivity index (χ2v) is 11.2. The summed E-state index contributed by atoms with van der Waals surface area (Å²) in [5, 5.41) is 4.70. The molecular formula is C37H21N3S. The van der Waals surface area contributed by atoms with E-state index in [0.717, 1.165) is 44.2 Å². The number of pyridine rings is 2. The monoisotopic (exact) mass is 539 g/mol. The lowest BCUT2D eigenvalue weighted by atomic mass is 9.96. The fourth-order valence-electron chi connectivity index (χ4n) is 5.71. The minimum absolute atomic E-state index is 0.655. The fourth-order valence-corrected chi connectivity index (χ4v) is 6.82. The zero-order chi connectivity index (χ0) is 27.3. The molecule has 0 saturated carbocycles. The average molecular weight is 540 g/mol. The lowest BCUT2D eigenvalue weighted by Crippen LogP contribution is -1.88. The van der Waals surface area contributed by atoms with Gasteiger partial charge in [-0.15, -0.1) is 11.3 Å². The number of benzene rings is 5. The van der Waals surface area contributed by atoms with Crippen molar-refractivity contribution in [1.82, 2.24) is 9.97 Å². The highest BCUT2D eigenvalue weighted by molar-refractivity contribution is 7.26. The van der Waals surface area contributed by atoms with E-state index in [4.69, 9.17) is 11.6 Å². The summed E-state index contributed by atoms with van der Waals surface area (Å²) >= 11 is 1.82. The van der Waals surface area contributed by atoms with Gasteiger partial charge in [-0.05, 0) is 58.7 Å². The molecule has 0 atom stereocenters. The first-order valence-corrected chi connectivity index (χ1v) is 14.3. The van der Waals surface area contributed by atoms with Crippen LogP contribution in [-0.2, 0) is 0 Å². The van der Waals surface area contributed by atoms with E-state index < -0.39 is 0 Å². The van der Waals surface area contributed by atoms with Crippen LogP contribution in [0.2, 0.25) is 0 Å². The molecule has 0 aliphatic carbocycles. The van der Waals surface area contributed by atoms with Crippen molar-refractivity contribution in [1.29, 1.82) is 0 Å². The van der Waals surface area contributed by atoms with Gasteiger partial charge < -0.3 is 0 Å². The largest absolute Gasteiger partial charge is 0.254 e. The van der Waals surface area contributed by atoms with Gasteiger partial charge in [-0.25, -0.2) is 9.83 Å². The number of nitrogens with zero attached hydrogens (tertiary/aromatic N) is 3. The van der Waals surface area contributed by atoms with Crippen LogP contribution in [0.25, 0.3) is 80.3 Å². The molecule has 0 saturated heterocycles. The van der Waals surface area contributed by atoms with Crippen molar-refractivity contribution < 1.29 is 0 Å². The number of hydrogen-bond acceptors (Lipinski definition) is 3. The molecule has 8 rings (SSSR count). The molecule has 0 aliphatic rings. The first-order valence-electron chi connectivity index (χ1n) is 13.4. The third-order valence-electron chi connectivity index (χ3n) is 7.73. The standard InChI is InChI=1S/C37H21N3S/c1-38-29-7-2-5-27(21-29)23-10-12-24(13-11-23)30-8-3-9-34-35(30)31-22-28(17-19-33(31)41-34)32-18-16-26-15-14-25-6-4-20-39-36(25)37(26)40-32/h2-22H. The third kappa shape index (κ3) is 3.95. The summed E-state index contributed by atoms with van der Waals surface area (Å²) in [5.74, 6) is 0. The van der Waals surface area contributed by atoms with E-state index in [1.165, 1.54) is 31.3 Å². The predicted octanol–water partition coefficient (Wildman–Crippen LogP) is 10.7. The Bertz CT molecular complexity index is 2330. The molecule has 0 fully saturated rings. The maximum absolute atomic E-state index is 7.33. The smallest absolute Gasteiger partial charge is 0.187 e. The number of aromatic nitrogens is 2. The molecule has 0 bridgehead atoms. The summed E-state index contributed by atoms with van der Waals surface area (Å²) in [5.41, 5.74) is 9.10. The van der Waals surface area contributed by atoms with Crippen LogP contribution in [0.4, 0.5) is 5.69 Å². The van der Waals surface area contributed by atoms with E-state index in [1.807, 2.05) is 41.8 Å². The first-order chi connectivity index (χ1) is 20.2. The van der Waals surface area contributed by atoms with E-state index in [0.29, 0.717) is 5.69 Å². The maximum Gasteiger partial charge on any atom is 0.187 e. The highest BCUT2D eigenvalue weighted by atomic mass is 32.1. The SMILES string of the molecule is [C-]#[N+]c1cccc(-c2ccc(-c3cccc4sc5ccc(-c6ccc7ccc8cccnc8c7n6)cc5c34)cc2)c1. The van der Waals surface area contributed by atoms with Gasteiger partial charge in [-0.3, -0.25) is 4.98 Å². The molecule has 3 heterocycles. The molecule has 41 heavy (non-hydrogen) atoms. The van der Waals surface area contributed by atoms with Gasteiger partial charge in [0, 0.05) is 42.7 Å². The van der Waals surface area contributed by atoms with Crippen LogP contribution in [0.1, 0.15) is 0 Å². The van der Waals surface area contributed by atoms with Crippen molar-refractivity contribution in [3.63, 3.8) is 0 Å². The molecule has 0 spiro atoms. The molecule has 8 aromatic rings. The van der Waals surface area contributed by atoms with E-state index in [9.17, 15) is 0 Å². The molecule has 3 aromatic heterocycles. The predicted molar refractivity (Wildman–Crippen MR) is 173 cm³/mol. The minimum Gasteiger partial charge on any atom is -0.254 e. The molecule has 5 aromatic carbocycles. The Morgan fingerprint density at radius 3 is 2.24 bits per heavy atom. The molecule has 3 nitrogen and oxygen atoms in total. The first kappa shape index (κ1) is 23.5. The normalized spacial score (nSPS) is 11.4. The van der Waals surface area contributed by atoms with Crippen LogP contribution in [0.15, 0.2) is 128 Å². The zero-order valence-corrected chi connectivity index (χ0v) is 22.7. The van der Waals surface area contributed by atoms with E-state index in [-0.39, 0.29) is 0 Å². The topological polar surface area (TPSA) is 30.1 Å². The van der Waals surface area contributed by atoms with Crippen LogP contribution < -0.4 is 0 Å². The third-order valence-corrected chi connectivity index (χ3v) is 8.86. The minimum atomic E-state index is 0.655. The second-order valence-electron chi connectivity index (χ2n) is 10.1. The summed E-state index contributed by atoms with van der Waals surface area (Å²) < 4.78 is 2.53. The highest BCUT2D eigenvalue weighted by Crippen LogP contribution is 2.42. The van der Waals surface area contributed by atoms with Crippen LogP contribution in [0.3, 0.4) is 0 Å². The molecule has 190 valence electrons. The molecule has 0 amide bonds. The van der Waals surface area contributed by atoms with E-state index in [1.54, 1.807) is 0 Å². The van der Waals surface area contributed by atoms with Crippen molar-refractivity contribution in [3.8, 4) is 33.5 Å². The molecule has 4 heteroatoms. The Labute approximate surface area is 240 Å². The van der Waals surface area contributed by atoms with Crippen LogP contribution in [0.5, 0.6) is 0 Å². The maximum atomic E-state index is 7.33. The molecule has 0 aliphatic heterocycles. The average Bonchev–Trinajstić information content (AvgIpc) is 3.43. The van der Waals surface area contributed by atoms with Crippen molar-refractivity contribution >= 4 is 59.0 Å². The Hall–Kier alpha value is -5.37. The summed E-state index contributed by atoms with van der Waals surface area (Å²) in [6.45, 7) is 7.33. The lowest BCUT2D eigenvalue weighted by molar-refractivity contribution is 1.37. The van der Waals surface area contributed by atoms with Crippen molar-refractivity contribution in [2.24, 2.45) is 0 Å². The van der Waals surface area contributed by atoms with Crippen molar-refractivity contribution in [2.45, 2.75) is 0 Å². The van der Waals surface area contributed by atoms with Crippen LogP contribution in [0, 0.1) is 6.57 Å². The summed E-state index contributed by atoms with van der Waals surface area (Å²) in [6, 6.07) is 42.2. The molecule has 0 radical (unpaired) electrons. The Kier molecular flexibility index (Phi) is 5.38. The van der Waals surface area contributed by atoms with Gasteiger partial charge in [0.15, 0.2) is 5.69 Å². The van der Waals surface area contributed by atoms with Gasteiger partial charge in [0.25, 0.3) is 0 Å². The summed E-state index contributed by atoms with van der Waals surface area (Å²) in [7, 11) is 0. The van der Waals surface area contributed by atoms with Crippen molar-refractivity contribution in [3.05, 3.63) is 139 Å². The van der Waals surface area contributed by atoms with Gasteiger partial charge in [0.05, 0.1) is 23.3 Å². The van der Waals surface area contributed by atoms with Gasteiger partial charge in [-0.2, -0.15) is 0 Å². The summed E-state index contributed by atoms with van der Waals surface area (Å²) in [6.07, 6.45) is 1.83. The quantitative estimate of drug-likeness (QED) is 0.165. The number of rotatable bonds is 3. The Morgan fingerprint density at radius 1 is 0.585 bits per heavy atom. The van der Waals surface area contributed by atoms with Gasteiger partial charge in [0.2, 0.25) is 0 Å². The number of fused-ring (bicyclic) bond motifs is 6. The van der Waals surface area contributed by atoms with Crippen LogP contribution >= 0.6 is 11.3 Å². The van der Waals surface area contributed by atoms with E-state index in [2.05, 4.69) is 107 Å². The fraction of sp³-hybridized carbons (Fsp3) is 0. The highest BCUT2D eigenvalue weighted by Gasteiger charge is 2.14. The molecule has 0 N–H and O–H groups in total. The van der Waals surface area contributed by atoms with Gasteiger partial charge >= 0.3 is 0 Å². The van der Waals surface area contributed by atoms with Crippen molar-refractivity contribution in [2.75, 3.05) is 0 Å². The van der Waals surface area contributed by atoms with Gasteiger partial charge in [-0.1, -0.05) is 84.9 Å². The number of thiophene rings is 1. The summed E-state index contributed by atoms with van der Waals surface area (Å²) in [4.78, 5) is 13.3. The van der Waals surface area contributed by atoms with Gasteiger partial charge in [0.1, 0.15) is 0 Å². The zero-order valence-electron chi connectivity index (χ0n) is 21.9. The second kappa shape index (κ2) is 9.38. The van der Waals surface area contributed by atoms with Crippen LogP contribution in [-0.4, -0.2) is 9.97 Å². The van der Waals surface area contributed by atoms with E-state index >= 15 is 0 Å². The Morgan fingerprint density at radius 2 is 1.37 bits per heavy atom. The number of hydrogen-bond donors (Lipinski definition) is 0. The lowest BCUT2D eigenvalue weighted by Gasteiger charge is -2.09. The molecular weight excluding hydrogens is 518 g/mol.